The van der Waals surface area contributed by atoms with Crippen LogP contribution >= 0.6 is 11.3 Å². The van der Waals surface area contributed by atoms with E-state index >= 15 is 0 Å². The zero-order chi connectivity index (χ0) is 24.5. The molecule has 2 aromatic carbocycles. The number of fused-ring (bicyclic) bond motifs is 1. The predicted molar refractivity (Wildman–Crippen MR) is 134 cm³/mol. The van der Waals surface area contributed by atoms with Gasteiger partial charge in [-0.3, -0.25) is 0 Å². The molecule has 1 atom stereocenters. The minimum atomic E-state index is -0.882. The maximum atomic E-state index is 13.7. The number of halogens is 1. The Morgan fingerprint density at radius 1 is 1.15 bits per heavy atom. The van der Waals surface area contributed by atoms with E-state index in [1.165, 1.54) is 12.1 Å². The Labute approximate surface area is 204 Å². The van der Waals surface area contributed by atoms with Gasteiger partial charge in [0, 0.05) is 20.9 Å². The van der Waals surface area contributed by atoms with Gasteiger partial charge in [0.05, 0.1) is 18.8 Å². The molecule has 0 saturated carbocycles. The van der Waals surface area contributed by atoms with E-state index in [1.54, 1.807) is 30.4 Å². The van der Waals surface area contributed by atoms with E-state index in [0.29, 0.717) is 0 Å². The SMILES string of the molecule is CCOC(=O)C(OC(C)(C)C)c1c(C)sc(-c2ccc(F)cc2)c1-c1ccc2c(c1)CCCO2. The van der Waals surface area contributed by atoms with Gasteiger partial charge in [-0.1, -0.05) is 18.2 Å². The molecule has 0 saturated heterocycles. The largest absolute Gasteiger partial charge is 0.493 e. The van der Waals surface area contributed by atoms with E-state index in [0.717, 1.165) is 62.8 Å². The summed E-state index contributed by atoms with van der Waals surface area (Å²) in [7, 11) is 0. The van der Waals surface area contributed by atoms with Crippen LogP contribution in [0.25, 0.3) is 21.6 Å². The van der Waals surface area contributed by atoms with Crippen LogP contribution in [0.4, 0.5) is 4.39 Å². The van der Waals surface area contributed by atoms with Gasteiger partial charge < -0.3 is 14.2 Å². The molecule has 2 heterocycles. The quantitative estimate of drug-likeness (QED) is 0.347. The molecule has 180 valence electrons. The number of ether oxygens (including phenoxy) is 3. The fourth-order valence-electron chi connectivity index (χ4n) is 4.28. The molecular formula is C28H31FO4S. The molecule has 0 radical (unpaired) electrons. The van der Waals surface area contributed by atoms with E-state index in [9.17, 15) is 9.18 Å². The lowest BCUT2D eigenvalue weighted by Gasteiger charge is -2.27. The lowest BCUT2D eigenvalue weighted by atomic mass is 9.91. The molecule has 1 unspecified atom stereocenters. The van der Waals surface area contributed by atoms with E-state index in [1.807, 2.05) is 39.8 Å². The topological polar surface area (TPSA) is 44.8 Å². The highest BCUT2D eigenvalue weighted by atomic mass is 32.1. The van der Waals surface area contributed by atoms with Crippen molar-refractivity contribution in [3.8, 4) is 27.3 Å². The third kappa shape index (κ3) is 5.18. The van der Waals surface area contributed by atoms with Gasteiger partial charge in [0.25, 0.3) is 0 Å². The minimum absolute atomic E-state index is 0.266. The van der Waals surface area contributed by atoms with Crippen molar-refractivity contribution in [2.75, 3.05) is 13.2 Å². The smallest absolute Gasteiger partial charge is 0.340 e. The van der Waals surface area contributed by atoms with Crippen LogP contribution in [0.15, 0.2) is 42.5 Å². The van der Waals surface area contributed by atoms with Gasteiger partial charge in [-0.05, 0) is 88.4 Å². The van der Waals surface area contributed by atoms with Crippen LogP contribution in [-0.2, 0) is 20.7 Å². The van der Waals surface area contributed by atoms with Gasteiger partial charge in [0.15, 0.2) is 6.10 Å². The Morgan fingerprint density at radius 2 is 1.85 bits per heavy atom. The summed E-state index contributed by atoms with van der Waals surface area (Å²) in [5.41, 5.74) is 4.17. The normalized spacial score (nSPS) is 14.3. The summed E-state index contributed by atoms with van der Waals surface area (Å²) in [6.07, 6.45) is 1.02. The minimum Gasteiger partial charge on any atom is -0.493 e. The molecule has 34 heavy (non-hydrogen) atoms. The Bertz CT molecular complexity index is 1170. The molecular weight excluding hydrogens is 451 g/mol. The number of esters is 1. The monoisotopic (exact) mass is 482 g/mol. The summed E-state index contributed by atoms with van der Waals surface area (Å²) < 4.78 is 31.3. The predicted octanol–water partition coefficient (Wildman–Crippen LogP) is 7.27. The van der Waals surface area contributed by atoms with Crippen LogP contribution in [0.5, 0.6) is 5.75 Å². The number of benzene rings is 2. The first-order chi connectivity index (χ1) is 16.2. The van der Waals surface area contributed by atoms with Crippen LogP contribution in [0.1, 0.15) is 56.2 Å². The molecule has 0 amide bonds. The molecule has 0 N–H and O–H groups in total. The van der Waals surface area contributed by atoms with Crippen LogP contribution in [0.2, 0.25) is 0 Å². The first-order valence-corrected chi connectivity index (χ1v) is 12.5. The van der Waals surface area contributed by atoms with Crippen molar-refractivity contribution in [3.63, 3.8) is 0 Å². The summed E-state index contributed by atoms with van der Waals surface area (Å²) in [6, 6.07) is 12.6. The average molecular weight is 483 g/mol. The van der Waals surface area contributed by atoms with Gasteiger partial charge in [0.1, 0.15) is 11.6 Å². The molecule has 6 heteroatoms. The second-order valence-corrected chi connectivity index (χ2v) is 10.6. The van der Waals surface area contributed by atoms with Gasteiger partial charge in [-0.2, -0.15) is 0 Å². The number of hydrogen-bond donors (Lipinski definition) is 0. The molecule has 4 rings (SSSR count). The molecule has 1 aliphatic rings. The molecule has 3 aromatic rings. The first-order valence-electron chi connectivity index (χ1n) is 11.7. The molecule has 0 spiro atoms. The second-order valence-electron chi connectivity index (χ2n) is 9.42. The average Bonchev–Trinajstić information content (AvgIpc) is 3.14. The number of hydrogen-bond acceptors (Lipinski definition) is 5. The van der Waals surface area contributed by atoms with Crippen molar-refractivity contribution < 1.29 is 23.4 Å². The summed E-state index contributed by atoms with van der Waals surface area (Å²) in [5.74, 6) is 0.205. The number of aryl methyl sites for hydroxylation is 2. The number of carbonyl (C=O) groups excluding carboxylic acids is 1. The zero-order valence-corrected chi connectivity index (χ0v) is 21.2. The summed E-state index contributed by atoms with van der Waals surface area (Å²) in [5, 5.41) is 0. The third-order valence-corrected chi connectivity index (χ3v) is 6.84. The lowest BCUT2D eigenvalue weighted by Crippen LogP contribution is -2.29. The molecule has 0 bridgehead atoms. The fourth-order valence-corrected chi connectivity index (χ4v) is 5.49. The van der Waals surface area contributed by atoms with Gasteiger partial charge in [-0.25, -0.2) is 9.18 Å². The van der Waals surface area contributed by atoms with Crippen molar-refractivity contribution >= 4 is 17.3 Å². The molecule has 1 aromatic heterocycles. The molecule has 0 aliphatic carbocycles. The Balaban J connectivity index is 1.95. The summed E-state index contributed by atoms with van der Waals surface area (Å²) in [4.78, 5) is 15.1. The summed E-state index contributed by atoms with van der Waals surface area (Å²) >= 11 is 1.58. The Hall–Kier alpha value is -2.70. The third-order valence-electron chi connectivity index (χ3n) is 5.67. The molecule has 0 fully saturated rings. The van der Waals surface area contributed by atoms with Crippen molar-refractivity contribution in [1.82, 2.24) is 0 Å². The summed E-state index contributed by atoms with van der Waals surface area (Å²) in [6.45, 7) is 10.6. The van der Waals surface area contributed by atoms with E-state index in [4.69, 9.17) is 14.2 Å². The highest BCUT2D eigenvalue weighted by molar-refractivity contribution is 7.16. The number of rotatable bonds is 6. The van der Waals surface area contributed by atoms with Crippen molar-refractivity contribution in [2.24, 2.45) is 0 Å². The van der Waals surface area contributed by atoms with Crippen molar-refractivity contribution in [3.05, 3.63) is 64.3 Å². The van der Waals surface area contributed by atoms with Crippen LogP contribution < -0.4 is 4.74 Å². The number of carbonyl (C=O) groups is 1. The maximum absolute atomic E-state index is 13.7. The van der Waals surface area contributed by atoms with E-state index < -0.39 is 17.7 Å². The van der Waals surface area contributed by atoms with Crippen LogP contribution in [0, 0.1) is 12.7 Å². The zero-order valence-electron chi connectivity index (χ0n) is 20.4. The van der Waals surface area contributed by atoms with Crippen LogP contribution in [-0.4, -0.2) is 24.8 Å². The van der Waals surface area contributed by atoms with Gasteiger partial charge in [0.2, 0.25) is 0 Å². The molecule has 4 nitrogen and oxygen atoms in total. The van der Waals surface area contributed by atoms with Crippen molar-refractivity contribution in [2.45, 2.75) is 59.2 Å². The second kappa shape index (κ2) is 9.88. The maximum Gasteiger partial charge on any atom is 0.340 e. The standard InChI is InChI=1S/C28H31FO4S/c1-6-31-27(30)25(33-28(3,4)5)23-17(2)34-26(18-9-12-21(29)13-10-18)24(23)20-11-14-22-19(16-20)8-7-15-32-22/h9-14,16,25H,6-8,15H2,1-5H3. The Morgan fingerprint density at radius 3 is 2.53 bits per heavy atom. The molecule has 1 aliphatic heterocycles. The van der Waals surface area contributed by atoms with Crippen LogP contribution in [0.3, 0.4) is 0 Å². The first kappa shape index (κ1) is 24.4. The van der Waals surface area contributed by atoms with E-state index in [2.05, 4.69) is 6.07 Å². The highest BCUT2D eigenvalue weighted by Gasteiger charge is 2.35. The van der Waals surface area contributed by atoms with E-state index in [-0.39, 0.29) is 12.4 Å². The van der Waals surface area contributed by atoms with Gasteiger partial charge in [-0.15, -0.1) is 11.3 Å². The number of thiophene rings is 1. The van der Waals surface area contributed by atoms with Gasteiger partial charge >= 0.3 is 5.97 Å². The fraction of sp³-hybridized carbons (Fsp3) is 0.393. The Kier molecular flexibility index (Phi) is 7.10. The lowest BCUT2D eigenvalue weighted by molar-refractivity contribution is -0.166. The van der Waals surface area contributed by atoms with Crippen molar-refractivity contribution in [1.29, 1.82) is 0 Å². The highest BCUT2D eigenvalue weighted by Crippen LogP contribution is 2.48.